The molecule has 5 heteroatoms. The van der Waals surface area contributed by atoms with Gasteiger partial charge in [-0.1, -0.05) is 42.8 Å². The lowest BCUT2D eigenvalue weighted by molar-refractivity contribution is 0.0897. The van der Waals surface area contributed by atoms with Crippen molar-refractivity contribution >= 4 is 16.9 Å². The quantitative estimate of drug-likeness (QED) is 0.686. The molecule has 0 spiro atoms. The van der Waals surface area contributed by atoms with Gasteiger partial charge in [0.25, 0.3) is 5.91 Å². The van der Waals surface area contributed by atoms with Gasteiger partial charge in [-0.2, -0.15) is 0 Å². The number of aryl methyl sites for hydroxylation is 2. The number of amides is 1. The largest absolute Gasteiger partial charge is 0.450 e. The van der Waals surface area contributed by atoms with Crippen LogP contribution in [-0.2, 0) is 0 Å². The van der Waals surface area contributed by atoms with Gasteiger partial charge in [0.05, 0.1) is 11.4 Å². The van der Waals surface area contributed by atoms with Crippen LogP contribution in [-0.4, -0.2) is 30.4 Å². The van der Waals surface area contributed by atoms with E-state index in [1.165, 1.54) is 30.9 Å². The number of rotatable bonds is 5. The lowest BCUT2D eigenvalue weighted by Gasteiger charge is -2.35. The Kier molecular flexibility index (Phi) is 6.00. The third-order valence-corrected chi connectivity index (χ3v) is 6.11. The first-order chi connectivity index (χ1) is 14.5. The fourth-order valence-corrected chi connectivity index (χ4v) is 4.20. The van der Waals surface area contributed by atoms with Crippen molar-refractivity contribution < 1.29 is 9.21 Å². The summed E-state index contributed by atoms with van der Waals surface area (Å²) in [5.41, 5.74) is 3.39. The summed E-state index contributed by atoms with van der Waals surface area (Å²) >= 11 is 0. The molecule has 1 fully saturated rings. The second-order valence-electron chi connectivity index (χ2n) is 8.09. The molecule has 30 heavy (non-hydrogen) atoms. The van der Waals surface area contributed by atoms with E-state index in [1.54, 1.807) is 6.07 Å². The van der Waals surface area contributed by atoms with E-state index in [2.05, 4.69) is 22.3 Å². The molecule has 0 unspecified atom stereocenters. The Bertz CT molecular complexity index is 1100. The molecule has 0 saturated carbocycles. The first kappa shape index (κ1) is 20.4. The van der Waals surface area contributed by atoms with Crippen LogP contribution in [0.25, 0.3) is 11.0 Å². The summed E-state index contributed by atoms with van der Waals surface area (Å²) in [6.07, 6.45) is 3.61. The van der Waals surface area contributed by atoms with E-state index in [9.17, 15) is 9.59 Å². The highest BCUT2D eigenvalue weighted by Gasteiger charge is 2.23. The highest BCUT2D eigenvalue weighted by molar-refractivity contribution is 5.93. The molecule has 0 radical (unpaired) electrons. The van der Waals surface area contributed by atoms with E-state index in [-0.39, 0.29) is 23.1 Å². The highest BCUT2D eigenvalue weighted by atomic mass is 16.3. The molecule has 1 amide bonds. The van der Waals surface area contributed by atoms with Crippen molar-refractivity contribution in [2.45, 2.75) is 39.2 Å². The molecule has 0 bridgehead atoms. The number of nitrogens with one attached hydrogen (secondary N) is 1. The zero-order valence-electron chi connectivity index (χ0n) is 17.6. The minimum Gasteiger partial charge on any atom is -0.450 e. The molecule has 1 N–H and O–H groups in total. The second-order valence-corrected chi connectivity index (χ2v) is 8.09. The van der Waals surface area contributed by atoms with Crippen molar-refractivity contribution in [1.82, 2.24) is 10.2 Å². The average molecular weight is 405 g/mol. The molecule has 2 aromatic carbocycles. The molecule has 1 atom stereocenters. The Labute approximate surface area is 176 Å². The summed E-state index contributed by atoms with van der Waals surface area (Å²) in [7, 11) is 0. The van der Waals surface area contributed by atoms with E-state index in [0.29, 0.717) is 17.5 Å². The number of carbonyl (C=O) groups excluding carboxylic acids is 1. The summed E-state index contributed by atoms with van der Waals surface area (Å²) < 4.78 is 5.87. The molecule has 5 nitrogen and oxygen atoms in total. The van der Waals surface area contributed by atoms with Gasteiger partial charge in [-0.15, -0.1) is 0 Å². The smallest absolute Gasteiger partial charge is 0.287 e. The van der Waals surface area contributed by atoms with E-state index >= 15 is 0 Å². The lowest BCUT2D eigenvalue weighted by Crippen LogP contribution is -2.40. The van der Waals surface area contributed by atoms with Gasteiger partial charge in [-0.25, -0.2) is 0 Å². The summed E-state index contributed by atoms with van der Waals surface area (Å²) in [5.74, 6) is -0.292. The van der Waals surface area contributed by atoms with Gasteiger partial charge < -0.3 is 9.73 Å². The molecule has 3 aromatic rings. The summed E-state index contributed by atoms with van der Waals surface area (Å²) in [5, 5.41) is 3.51. The van der Waals surface area contributed by atoms with E-state index in [4.69, 9.17) is 4.42 Å². The Hall–Kier alpha value is -2.92. The molecular formula is C25H28N2O3. The predicted molar refractivity (Wildman–Crippen MR) is 119 cm³/mol. The number of nitrogens with zero attached hydrogens (tertiary/aromatic N) is 1. The Balaban J connectivity index is 1.57. The average Bonchev–Trinajstić information content (AvgIpc) is 2.78. The molecule has 4 rings (SSSR count). The van der Waals surface area contributed by atoms with Gasteiger partial charge in [0.15, 0.2) is 11.2 Å². The number of benzene rings is 2. The maximum Gasteiger partial charge on any atom is 0.287 e. The highest BCUT2D eigenvalue weighted by Crippen LogP contribution is 2.24. The minimum absolute atomic E-state index is 0.0617. The van der Waals surface area contributed by atoms with Crippen molar-refractivity contribution in [1.29, 1.82) is 0 Å². The number of fused-ring (bicyclic) bond motifs is 1. The zero-order valence-corrected chi connectivity index (χ0v) is 17.6. The first-order valence-corrected chi connectivity index (χ1v) is 10.7. The number of hydrogen-bond donors (Lipinski definition) is 1. The van der Waals surface area contributed by atoms with Crippen LogP contribution >= 0.6 is 0 Å². The monoisotopic (exact) mass is 404 g/mol. The van der Waals surface area contributed by atoms with Crippen LogP contribution in [0.2, 0.25) is 0 Å². The van der Waals surface area contributed by atoms with Crippen molar-refractivity contribution in [2.24, 2.45) is 0 Å². The molecule has 1 aliphatic rings. The SMILES string of the molecule is Cc1ccc2c(=O)cc(C(=O)NC[C@@H](c3ccccc3)N3CCCCC3)oc2c1C. The van der Waals surface area contributed by atoms with Crippen LogP contribution < -0.4 is 10.7 Å². The van der Waals surface area contributed by atoms with Crippen LogP contribution in [0, 0.1) is 13.8 Å². The Morgan fingerprint density at radius 3 is 2.53 bits per heavy atom. The molecule has 2 heterocycles. The van der Waals surface area contributed by atoms with Crippen molar-refractivity contribution in [2.75, 3.05) is 19.6 Å². The van der Waals surface area contributed by atoms with Crippen molar-refractivity contribution in [3.63, 3.8) is 0 Å². The van der Waals surface area contributed by atoms with Gasteiger partial charge in [0.1, 0.15) is 5.58 Å². The van der Waals surface area contributed by atoms with E-state index in [0.717, 1.165) is 24.2 Å². The van der Waals surface area contributed by atoms with Gasteiger partial charge in [0.2, 0.25) is 0 Å². The Morgan fingerprint density at radius 1 is 1.07 bits per heavy atom. The zero-order chi connectivity index (χ0) is 21.1. The molecule has 1 saturated heterocycles. The molecule has 1 aromatic heterocycles. The van der Waals surface area contributed by atoms with Crippen LogP contribution in [0.4, 0.5) is 0 Å². The van der Waals surface area contributed by atoms with Gasteiger partial charge >= 0.3 is 0 Å². The minimum atomic E-state index is -0.354. The lowest BCUT2D eigenvalue weighted by atomic mass is 10.0. The molecule has 156 valence electrons. The number of hydrogen-bond acceptors (Lipinski definition) is 4. The number of carbonyl (C=O) groups is 1. The van der Waals surface area contributed by atoms with Gasteiger partial charge in [-0.05, 0) is 62.5 Å². The van der Waals surface area contributed by atoms with Crippen LogP contribution in [0.1, 0.15) is 52.5 Å². The topological polar surface area (TPSA) is 62.6 Å². The van der Waals surface area contributed by atoms with Crippen LogP contribution in [0.5, 0.6) is 0 Å². The summed E-state index contributed by atoms with van der Waals surface area (Å²) in [6, 6.07) is 15.3. The molecule has 0 aliphatic carbocycles. The fourth-order valence-electron chi connectivity index (χ4n) is 4.20. The third-order valence-electron chi connectivity index (χ3n) is 6.11. The summed E-state index contributed by atoms with van der Waals surface area (Å²) in [4.78, 5) is 27.9. The maximum atomic E-state index is 12.9. The molecular weight excluding hydrogens is 376 g/mol. The standard InChI is InChI=1S/C25H28N2O3/c1-17-11-12-20-22(28)15-23(30-24(20)18(17)2)25(29)26-16-21(19-9-5-3-6-10-19)27-13-7-4-8-14-27/h3,5-6,9-12,15,21H,4,7-8,13-14,16H2,1-2H3,(H,26,29)/t21-/m0/s1. The summed E-state index contributed by atoms with van der Waals surface area (Å²) in [6.45, 7) is 6.39. The van der Waals surface area contributed by atoms with Crippen LogP contribution in [0.15, 0.2) is 57.7 Å². The van der Waals surface area contributed by atoms with Gasteiger partial charge in [0, 0.05) is 12.6 Å². The van der Waals surface area contributed by atoms with E-state index in [1.807, 2.05) is 38.1 Å². The number of piperidine rings is 1. The normalized spacial score (nSPS) is 15.8. The first-order valence-electron chi connectivity index (χ1n) is 10.7. The van der Waals surface area contributed by atoms with Crippen molar-refractivity contribution in [3.8, 4) is 0 Å². The maximum absolute atomic E-state index is 12.9. The van der Waals surface area contributed by atoms with Crippen LogP contribution in [0.3, 0.4) is 0 Å². The Morgan fingerprint density at radius 2 is 1.80 bits per heavy atom. The third kappa shape index (κ3) is 4.17. The van der Waals surface area contributed by atoms with Gasteiger partial charge in [-0.3, -0.25) is 14.5 Å². The van der Waals surface area contributed by atoms with E-state index < -0.39 is 0 Å². The van der Waals surface area contributed by atoms with Crippen molar-refractivity contribution in [3.05, 3.63) is 81.2 Å². The number of likely N-dealkylation sites (tertiary alicyclic amines) is 1. The fraction of sp³-hybridized carbons (Fsp3) is 0.360. The predicted octanol–water partition coefficient (Wildman–Crippen LogP) is 4.37. The molecule has 1 aliphatic heterocycles. The second kappa shape index (κ2) is 8.84.